The van der Waals surface area contributed by atoms with E-state index in [1.165, 1.54) is 25.3 Å². The number of nitrogens with zero attached hydrogens (tertiary/aromatic N) is 2. The molecule has 73 heavy (non-hydrogen) atoms. The Morgan fingerprint density at radius 1 is 0.712 bits per heavy atom. The molecule has 7 N–H and O–H groups in total. The summed E-state index contributed by atoms with van der Waals surface area (Å²) in [5, 5.41) is 30.2. The summed E-state index contributed by atoms with van der Waals surface area (Å²) in [5.41, 5.74) is 4.57. The van der Waals surface area contributed by atoms with Crippen molar-refractivity contribution in [2.75, 3.05) is 25.6 Å². The van der Waals surface area contributed by atoms with Gasteiger partial charge >= 0.3 is 33.3 Å². The number of nitrogens with two attached hydrogens (primary N) is 1. The number of ether oxygens (including phenoxy) is 3. The van der Waals surface area contributed by atoms with Crippen molar-refractivity contribution in [1.82, 2.24) is 9.55 Å². The molecule has 2 rings (SSSR count). The number of aliphatic hydroxyl groups excluding tert-OH is 3. The van der Waals surface area contributed by atoms with Gasteiger partial charge in [-0.15, -0.1) is 0 Å². The fourth-order valence-electron chi connectivity index (χ4n) is 6.73. The number of carbonyl (C=O) groups excluding carboxylic acids is 2. The number of rotatable bonds is 40. The van der Waals surface area contributed by atoms with Crippen molar-refractivity contribution >= 4 is 33.4 Å². The summed E-state index contributed by atoms with van der Waals surface area (Å²) in [4.78, 5) is 61.9. The highest BCUT2D eigenvalue weighted by Crippen LogP contribution is 2.60. The van der Waals surface area contributed by atoms with Crippen molar-refractivity contribution in [2.45, 2.75) is 173 Å². The molecule has 1 aromatic heterocycles. The maximum Gasteiger partial charge on any atom is 0.481 e. The van der Waals surface area contributed by atoms with Gasteiger partial charge in [0, 0.05) is 19.0 Å². The molecule has 0 amide bonds. The molecule has 410 valence electrons. The summed E-state index contributed by atoms with van der Waals surface area (Å²) < 4.78 is 56.6. The zero-order valence-electron chi connectivity index (χ0n) is 42.5. The van der Waals surface area contributed by atoms with Gasteiger partial charge in [-0.05, 0) is 109 Å². The highest BCUT2D eigenvalue weighted by Gasteiger charge is 2.46. The standard InChI is InChI=1S/C52H81N3O16P2/c1-3-4-5-6-7-8-9-10-11-12-15-19-22-25-28-31-34-37-48(58)69-44(40-66-47(57)36-33-30-27-24-21-18-16-13-14-17-20-23-26-29-32-35-43(2)56)41-67-72(62,63)71-73(64,65)68-42-45-49(59)50(60)51(70-45)55-39-38-46(53)54-52(55)61/h7-8,10-11,14-19,23-28,38-39,43-45,49-51,56,59-60H,3-6,9,12-13,20-22,29-37,40-42H2,1-2H3,(H,62,63)(H,64,65)(H2,53,54,61)/b8-7-,11-10-,17-14-,18-16-,19-15-,26-23-,27-24-,28-25-/t43-,44-,45-,49-,50-,51-/m1/s1. The van der Waals surface area contributed by atoms with E-state index in [-0.39, 0.29) is 24.8 Å². The van der Waals surface area contributed by atoms with E-state index in [9.17, 15) is 48.6 Å². The van der Waals surface area contributed by atoms with Crippen LogP contribution in [0, 0.1) is 0 Å². The normalized spacial score (nSPS) is 20.2. The van der Waals surface area contributed by atoms with E-state index in [2.05, 4.69) is 83.1 Å². The van der Waals surface area contributed by atoms with Crippen LogP contribution in [0.1, 0.15) is 142 Å². The summed E-state index contributed by atoms with van der Waals surface area (Å²) in [6.07, 6.45) is 40.6. The molecule has 0 radical (unpaired) electrons. The first-order valence-corrected chi connectivity index (χ1v) is 28.3. The second-order valence-corrected chi connectivity index (χ2v) is 20.3. The summed E-state index contributed by atoms with van der Waals surface area (Å²) in [6, 6.07) is 1.24. The Balaban J connectivity index is 1.86. The summed E-state index contributed by atoms with van der Waals surface area (Å²) >= 11 is 0. The minimum Gasteiger partial charge on any atom is -0.462 e. The molecule has 1 saturated heterocycles. The van der Waals surface area contributed by atoms with Crippen LogP contribution in [0.2, 0.25) is 0 Å². The first kappa shape index (κ1) is 64.8. The van der Waals surface area contributed by atoms with Crippen molar-refractivity contribution in [3.05, 3.63) is 120 Å². The molecule has 21 heteroatoms. The Bertz CT molecular complexity index is 2120. The lowest BCUT2D eigenvalue weighted by atomic mass is 10.1. The maximum atomic E-state index is 12.8. The van der Waals surface area contributed by atoms with Gasteiger partial charge in [-0.2, -0.15) is 9.29 Å². The van der Waals surface area contributed by atoms with Crippen LogP contribution in [0.15, 0.2) is 114 Å². The number of carbonyl (C=O) groups is 2. The minimum atomic E-state index is -5.46. The number of esters is 2. The lowest BCUT2D eigenvalue weighted by Crippen LogP contribution is -2.36. The fourth-order valence-corrected chi connectivity index (χ4v) is 8.84. The zero-order chi connectivity index (χ0) is 53.6. The Labute approximate surface area is 431 Å². The third-order valence-corrected chi connectivity index (χ3v) is 13.3. The molecular formula is C52H81N3O16P2. The molecule has 0 aromatic carbocycles. The average molecular weight is 1070 g/mol. The predicted octanol–water partition coefficient (Wildman–Crippen LogP) is 9.41. The van der Waals surface area contributed by atoms with Crippen LogP contribution in [0.4, 0.5) is 5.82 Å². The Kier molecular flexibility index (Phi) is 34.7. The number of aliphatic hydroxyl groups is 3. The van der Waals surface area contributed by atoms with Gasteiger partial charge in [0.1, 0.15) is 30.7 Å². The number of hydrogen-bond donors (Lipinski definition) is 6. The molecule has 1 aromatic rings. The van der Waals surface area contributed by atoms with E-state index in [1.807, 2.05) is 30.4 Å². The third-order valence-electron chi connectivity index (χ3n) is 10.7. The van der Waals surface area contributed by atoms with E-state index in [4.69, 9.17) is 29.0 Å². The molecular weight excluding hydrogens is 985 g/mol. The number of unbranched alkanes of at least 4 members (excludes halogenated alkanes) is 6. The van der Waals surface area contributed by atoms with Gasteiger partial charge in [-0.1, -0.05) is 117 Å². The number of aromatic nitrogens is 2. The SMILES string of the molecule is CCCCC/C=C\C/C=C\C/C=C\C/C=C\CCCC(=O)O[C@H](COC(=O)CCC/C=C\C/C=C\C/C=C\C/C=C\CCC[C@@H](C)O)COP(=O)(O)OP(=O)(O)OC[C@H]1O[C@@H](n2ccc(N)nc2=O)[C@H](O)[C@@H]1O. The first-order valence-electron chi connectivity index (χ1n) is 25.3. The molecule has 0 bridgehead atoms. The summed E-state index contributed by atoms with van der Waals surface area (Å²) in [5.74, 6) is -1.46. The highest BCUT2D eigenvalue weighted by atomic mass is 31.3. The quantitative estimate of drug-likeness (QED) is 0.0154. The predicted molar refractivity (Wildman–Crippen MR) is 281 cm³/mol. The van der Waals surface area contributed by atoms with Gasteiger partial charge in [0.05, 0.1) is 19.3 Å². The van der Waals surface area contributed by atoms with Crippen LogP contribution in [-0.4, -0.2) is 96.9 Å². The molecule has 8 atom stereocenters. The van der Waals surface area contributed by atoms with Crippen molar-refractivity contribution in [2.24, 2.45) is 0 Å². The maximum absolute atomic E-state index is 12.8. The molecule has 2 unspecified atom stereocenters. The lowest BCUT2D eigenvalue weighted by Gasteiger charge is -2.21. The molecule has 2 heterocycles. The molecule has 19 nitrogen and oxygen atoms in total. The second-order valence-electron chi connectivity index (χ2n) is 17.2. The Morgan fingerprint density at radius 3 is 1.70 bits per heavy atom. The van der Waals surface area contributed by atoms with Crippen molar-refractivity contribution in [1.29, 1.82) is 0 Å². The molecule has 0 spiro atoms. The van der Waals surface area contributed by atoms with Gasteiger partial charge in [-0.25, -0.2) is 13.9 Å². The van der Waals surface area contributed by atoms with Crippen molar-refractivity contribution in [3.63, 3.8) is 0 Å². The van der Waals surface area contributed by atoms with Crippen LogP contribution < -0.4 is 11.4 Å². The van der Waals surface area contributed by atoms with E-state index in [0.717, 1.165) is 75.0 Å². The van der Waals surface area contributed by atoms with Crippen molar-refractivity contribution < 1.29 is 71.4 Å². The Hall–Kier alpha value is -4.36. The van der Waals surface area contributed by atoms with Crippen molar-refractivity contribution in [3.8, 4) is 0 Å². The monoisotopic (exact) mass is 1070 g/mol. The molecule has 1 aliphatic rings. The third kappa shape index (κ3) is 32.5. The first-order chi connectivity index (χ1) is 35.0. The van der Waals surface area contributed by atoms with Gasteiger partial charge in [0.15, 0.2) is 12.3 Å². The van der Waals surface area contributed by atoms with E-state index in [0.29, 0.717) is 25.7 Å². The lowest BCUT2D eigenvalue weighted by molar-refractivity contribution is -0.161. The van der Waals surface area contributed by atoms with Crippen LogP contribution >= 0.6 is 15.6 Å². The smallest absolute Gasteiger partial charge is 0.462 e. The number of phosphoric ester groups is 2. The van der Waals surface area contributed by atoms with E-state index in [1.54, 1.807) is 6.92 Å². The number of hydrogen-bond acceptors (Lipinski definition) is 16. The summed E-state index contributed by atoms with van der Waals surface area (Å²) in [7, 11) is -10.9. The Morgan fingerprint density at radius 2 is 1.19 bits per heavy atom. The van der Waals surface area contributed by atoms with E-state index < -0.39 is 83.7 Å². The largest absolute Gasteiger partial charge is 0.481 e. The molecule has 1 aliphatic heterocycles. The molecule has 0 aliphatic carbocycles. The van der Waals surface area contributed by atoms with Crippen LogP contribution in [0.3, 0.4) is 0 Å². The van der Waals surface area contributed by atoms with Crippen LogP contribution in [-0.2, 0) is 46.3 Å². The number of anilines is 1. The number of phosphoric acid groups is 2. The van der Waals surface area contributed by atoms with Crippen LogP contribution in [0.5, 0.6) is 0 Å². The van der Waals surface area contributed by atoms with Crippen LogP contribution in [0.25, 0.3) is 0 Å². The summed E-state index contributed by atoms with van der Waals surface area (Å²) in [6.45, 7) is 1.55. The zero-order valence-corrected chi connectivity index (χ0v) is 44.3. The minimum absolute atomic E-state index is 0.0218. The van der Waals surface area contributed by atoms with Gasteiger partial charge in [0.2, 0.25) is 0 Å². The fraction of sp³-hybridized carbons (Fsp3) is 0.577. The molecule has 1 fully saturated rings. The molecule has 0 saturated carbocycles. The average Bonchev–Trinajstić information content (AvgIpc) is 3.62. The van der Waals surface area contributed by atoms with Gasteiger partial charge < -0.3 is 45.1 Å². The highest BCUT2D eigenvalue weighted by molar-refractivity contribution is 7.61. The topological polar surface area (TPSA) is 286 Å². The number of nitrogen functional groups attached to an aromatic ring is 1. The van der Waals surface area contributed by atoms with Gasteiger partial charge in [0.25, 0.3) is 0 Å². The second kappa shape index (κ2) is 39.1. The number of allylic oxidation sites excluding steroid dienone is 16. The van der Waals surface area contributed by atoms with E-state index >= 15 is 0 Å². The van der Waals surface area contributed by atoms with Gasteiger partial charge in [-0.3, -0.25) is 23.2 Å².